The summed E-state index contributed by atoms with van der Waals surface area (Å²) in [6, 6.07) is 16.4. The maximum atomic E-state index is 12.4. The van der Waals surface area contributed by atoms with Crippen molar-refractivity contribution >= 4 is 23.6 Å². The summed E-state index contributed by atoms with van der Waals surface area (Å²) >= 11 is 1.72. The third-order valence-electron chi connectivity index (χ3n) is 5.60. The van der Waals surface area contributed by atoms with E-state index in [9.17, 15) is 4.79 Å². The lowest BCUT2D eigenvalue weighted by Gasteiger charge is -2.04. The highest BCUT2D eigenvalue weighted by Crippen LogP contribution is 2.16. The fraction of sp³-hybridized carbons (Fsp3) is 0.464. The minimum absolute atomic E-state index is 0.0643. The van der Waals surface area contributed by atoms with Gasteiger partial charge in [0.05, 0.1) is 0 Å². The number of unbranched alkanes of at least 4 members (excludes halogenated alkanes) is 9. The average Bonchev–Trinajstić information content (AvgIpc) is 2.79. The van der Waals surface area contributed by atoms with E-state index in [2.05, 4.69) is 37.4 Å². The van der Waals surface area contributed by atoms with E-state index in [1.165, 1.54) is 74.7 Å². The number of carbonyl (C=O) groups excluding carboxylic acids is 1. The average molecular weight is 423 g/mol. The van der Waals surface area contributed by atoms with Gasteiger partial charge in [-0.3, -0.25) is 4.79 Å². The smallest absolute Gasteiger partial charge is 0.185 e. The zero-order valence-corrected chi connectivity index (χ0v) is 19.7. The van der Waals surface area contributed by atoms with Crippen LogP contribution in [0.15, 0.2) is 59.5 Å². The van der Waals surface area contributed by atoms with Crippen LogP contribution in [-0.4, -0.2) is 12.0 Å². The third-order valence-corrected chi connectivity index (χ3v) is 6.34. The van der Waals surface area contributed by atoms with Gasteiger partial charge in [-0.15, -0.1) is 11.8 Å². The second-order valence-corrected chi connectivity index (χ2v) is 8.98. The first kappa shape index (κ1) is 24.5. The van der Waals surface area contributed by atoms with E-state index in [0.717, 1.165) is 17.5 Å². The Morgan fingerprint density at radius 3 is 1.90 bits per heavy atom. The van der Waals surface area contributed by atoms with Gasteiger partial charge in [0.1, 0.15) is 0 Å². The topological polar surface area (TPSA) is 17.1 Å². The minimum Gasteiger partial charge on any atom is -0.289 e. The Bertz CT molecular complexity index is 743. The molecule has 0 radical (unpaired) electrons. The number of allylic oxidation sites excluding steroid dienone is 1. The van der Waals surface area contributed by atoms with Gasteiger partial charge in [-0.25, -0.2) is 0 Å². The van der Waals surface area contributed by atoms with Gasteiger partial charge in [-0.1, -0.05) is 107 Å². The number of thioether (sulfide) groups is 1. The van der Waals surface area contributed by atoms with Gasteiger partial charge in [-0.05, 0) is 48.4 Å². The summed E-state index contributed by atoms with van der Waals surface area (Å²) in [6.07, 6.45) is 20.4. The molecule has 0 atom stereocenters. The predicted octanol–water partition coefficient (Wildman–Crippen LogP) is 8.77. The second kappa shape index (κ2) is 15.1. The first-order valence-electron chi connectivity index (χ1n) is 11.7. The molecule has 2 rings (SSSR count). The third kappa shape index (κ3) is 9.80. The quantitative estimate of drug-likeness (QED) is 0.123. The van der Waals surface area contributed by atoms with Gasteiger partial charge in [-0.2, -0.15) is 0 Å². The number of hydrogen-bond donors (Lipinski definition) is 0. The number of rotatable bonds is 15. The van der Waals surface area contributed by atoms with Crippen LogP contribution in [0.4, 0.5) is 0 Å². The Morgan fingerprint density at radius 2 is 1.33 bits per heavy atom. The van der Waals surface area contributed by atoms with Crippen molar-refractivity contribution in [3.63, 3.8) is 0 Å². The maximum absolute atomic E-state index is 12.4. The van der Waals surface area contributed by atoms with Crippen LogP contribution in [0.2, 0.25) is 0 Å². The van der Waals surface area contributed by atoms with E-state index < -0.39 is 0 Å². The SMILES string of the molecule is CCCCCCCCCCCCc1ccc(C(=O)/C=C/c2ccc(SC)cc2)cc1. The van der Waals surface area contributed by atoms with Crippen LogP contribution >= 0.6 is 11.8 Å². The van der Waals surface area contributed by atoms with Crippen molar-refractivity contribution in [3.05, 3.63) is 71.3 Å². The van der Waals surface area contributed by atoms with Gasteiger partial charge >= 0.3 is 0 Å². The normalized spacial score (nSPS) is 11.3. The Morgan fingerprint density at radius 1 is 0.767 bits per heavy atom. The molecule has 0 saturated heterocycles. The number of ketones is 1. The van der Waals surface area contributed by atoms with E-state index in [1.807, 2.05) is 30.3 Å². The Balaban J connectivity index is 1.64. The molecule has 0 aromatic heterocycles. The van der Waals surface area contributed by atoms with Crippen LogP contribution < -0.4 is 0 Å². The van der Waals surface area contributed by atoms with Crippen molar-refractivity contribution in [3.8, 4) is 0 Å². The first-order valence-corrected chi connectivity index (χ1v) is 12.9. The van der Waals surface area contributed by atoms with Crippen LogP contribution in [0.25, 0.3) is 6.08 Å². The molecule has 0 fully saturated rings. The Hall–Kier alpha value is -1.80. The number of carbonyl (C=O) groups is 1. The van der Waals surface area contributed by atoms with Gasteiger partial charge in [0, 0.05) is 10.5 Å². The lowest BCUT2D eigenvalue weighted by molar-refractivity contribution is 0.104. The molecule has 0 aliphatic rings. The molecule has 1 nitrogen and oxygen atoms in total. The van der Waals surface area contributed by atoms with Crippen LogP contribution in [0, 0.1) is 0 Å². The van der Waals surface area contributed by atoms with Gasteiger partial charge in [0.2, 0.25) is 0 Å². The molecule has 0 aliphatic carbocycles. The molecule has 0 N–H and O–H groups in total. The molecule has 2 heteroatoms. The molecule has 0 spiro atoms. The molecule has 30 heavy (non-hydrogen) atoms. The monoisotopic (exact) mass is 422 g/mol. The molecular weight excluding hydrogens is 384 g/mol. The van der Waals surface area contributed by atoms with E-state index in [0.29, 0.717) is 0 Å². The highest BCUT2D eigenvalue weighted by atomic mass is 32.2. The van der Waals surface area contributed by atoms with Crippen LogP contribution in [-0.2, 0) is 6.42 Å². The fourth-order valence-electron chi connectivity index (χ4n) is 3.64. The minimum atomic E-state index is 0.0643. The highest BCUT2D eigenvalue weighted by molar-refractivity contribution is 7.98. The van der Waals surface area contributed by atoms with Crippen molar-refractivity contribution in [2.24, 2.45) is 0 Å². The number of aryl methyl sites for hydroxylation is 1. The summed E-state index contributed by atoms with van der Waals surface area (Å²) in [4.78, 5) is 13.6. The van der Waals surface area contributed by atoms with E-state index in [-0.39, 0.29) is 5.78 Å². The fourth-order valence-corrected chi connectivity index (χ4v) is 4.04. The van der Waals surface area contributed by atoms with Crippen molar-refractivity contribution in [2.45, 2.75) is 82.4 Å². The van der Waals surface area contributed by atoms with Gasteiger partial charge in [0.25, 0.3) is 0 Å². The summed E-state index contributed by atoms with van der Waals surface area (Å²) in [7, 11) is 0. The molecule has 0 saturated carbocycles. The molecule has 0 aliphatic heterocycles. The lowest BCUT2D eigenvalue weighted by atomic mass is 10.0. The van der Waals surface area contributed by atoms with Crippen LogP contribution in [0.3, 0.4) is 0 Å². The number of benzene rings is 2. The highest BCUT2D eigenvalue weighted by Gasteiger charge is 2.02. The largest absolute Gasteiger partial charge is 0.289 e. The Labute approximate surface area is 188 Å². The molecule has 0 amide bonds. The molecule has 2 aromatic rings. The zero-order chi connectivity index (χ0) is 21.4. The maximum Gasteiger partial charge on any atom is 0.185 e. The van der Waals surface area contributed by atoms with Crippen molar-refractivity contribution < 1.29 is 4.79 Å². The summed E-state index contributed by atoms with van der Waals surface area (Å²) in [5, 5.41) is 0. The van der Waals surface area contributed by atoms with Crippen molar-refractivity contribution in [2.75, 3.05) is 6.26 Å². The molecule has 0 bridgehead atoms. The summed E-state index contributed by atoms with van der Waals surface area (Å²) in [6.45, 7) is 2.27. The molecule has 162 valence electrons. The van der Waals surface area contributed by atoms with Gasteiger partial charge < -0.3 is 0 Å². The van der Waals surface area contributed by atoms with E-state index >= 15 is 0 Å². The second-order valence-electron chi connectivity index (χ2n) is 8.10. The van der Waals surface area contributed by atoms with Crippen LogP contribution in [0.1, 0.15) is 92.6 Å². The zero-order valence-electron chi connectivity index (χ0n) is 18.9. The predicted molar refractivity (Wildman–Crippen MR) is 134 cm³/mol. The lowest BCUT2D eigenvalue weighted by Crippen LogP contribution is -1.95. The molecule has 2 aromatic carbocycles. The Kier molecular flexibility index (Phi) is 12.3. The van der Waals surface area contributed by atoms with Crippen molar-refractivity contribution in [1.29, 1.82) is 0 Å². The summed E-state index contributed by atoms with van der Waals surface area (Å²) in [5.41, 5.74) is 3.15. The van der Waals surface area contributed by atoms with Crippen molar-refractivity contribution in [1.82, 2.24) is 0 Å². The molecule has 0 heterocycles. The van der Waals surface area contributed by atoms with Gasteiger partial charge in [0.15, 0.2) is 5.78 Å². The summed E-state index contributed by atoms with van der Waals surface area (Å²) in [5.74, 6) is 0.0643. The summed E-state index contributed by atoms with van der Waals surface area (Å²) < 4.78 is 0. The first-order chi connectivity index (χ1) is 14.7. The van der Waals surface area contributed by atoms with Crippen LogP contribution in [0.5, 0.6) is 0 Å². The molecule has 0 unspecified atom stereocenters. The molecular formula is C28H38OS. The number of hydrogen-bond acceptors (Lipinski definition) is 2. The van der Waals surface area contributed by atoms with E-state index in [1.54, 1.807) is 17.8 Å². The standard InChI is InChI=1S/C28H38OS/c1-3-4-5-6-7-8-9-10-11-12-13-24-14-19-26(20-15-24)28(29)23-18-25-16-21-27(30-2)22-17-25/h14-23H,3-13H2,1-2H3/b23-18+. The van der Waals surface area contributed by atoms with E-state index in [4.69, 9.17) is 0 Å².